The SMILES string of the molecule is [I-].c1ccc(C[P+](Cc2ccccc2)(Cc2ccccc2)Cc2ccccc2)cc1. The highest BCUT2D eigenvalue weighted by Crippen LogP contribution is 2.68. The van der Waals surface area contributed by atoms with Crippen LogP contribution in [0.15, 0.2) is 121 Å². The Kier molecular flexibility index (Phi) is 8.66. The molecule has 0 saturated carbocycles. The van der Waals surface area contributed by atoms with E-state index in [4.69, 9.17) is 0 Å². The van der Waals surface area contributed by atoms with Gasteiger partial charge in [-0.2, -0.15) is 0 Å². The summed E-state index contributed by atoms with van der Waals surface area (Å²) in [6, 6.07) is 44.3. The second-order valence-electron chi connectivity index (χ2n) is 7.92. The van der Waals surface area contributed by atoms with E-state index in [0.29, 0.717) is 0 Å². The van der Waals surface area contributed by atoms with Gasteiger partial charge in [0.1, 0.15) is 0 Å². The van der Waals surface area contributed by atoms with Gasteiger partial charge in [-0.15, -0.1) is 0 Å². The number of hydrogen-bond acceptors (Lipinski definition) is 0. The molecule has 4 rings (SSSR count). The zero-order chi connectivity index (χ0) is 19.8. The predicted octanol–water partition coefficient (Wildman–Crippen LogP) is 4.81. The lowest BCUT2D eigenvalue weighted by atomic mass is 10.2. The number of halogens is 1. The van der Waals surface area contributed by atoms with Crippen LogP contribution in [0.3, 0.4) is 0 Å². The van der Waals surface area contributed by atoms with Gasteiger partial charge in [0.25, 0.3) is 0 Å². The Morgan fingerprint density at radius 2 is 0.533 bits per heavy atom. The van der Waals surface area contributed by atoms with Crippen molar-refractivity contribution in [3.8, 4) is 0 Å². The van der Waals surface area contributed by atoms with E-state index in [1.807, 2.05) is 0 Å². The minimum absolute atomic E-state index is 0. The summed E-state index contributed by atoms with van der Waals surface area (Å²) in [6.45, 7) is 0. The molecule has 0 aliphatic heterocycles. The highest BCUT2D eigenvalue weighted by atomic mass is 127. The molecular weight excluding hydrogens is 494 g/mol. The van der Waals surface area contributed by atoms with Crippen LogP contribution >= 0.6 is 7.26 Å². The fraction of sp³-hybridized carbons (Fsp3) is 0.143. The quantitative estimate of drug-likeness (QED) is 0.230. The third-order valence-electron chi connectivity index (χ3n) is 5.44. The van der Waals surface area contributed by atoms with Crippen molar-refractivity contribution in [3.63, 3.8) is 0 Å². The fourth-order valence-corrected chi connectivity index (χ4v) is 8.83. The molecule has 0 spiro atoms. The molecule has 0 saturated heterocycles. The molecule has 0 aromatic heterocycles. The highest BCUT2D eigenvalue weighted by Gasteiger charge is 2.38. The van der Waals surface area contributed by atoms with Crippen LogP contribution in [0, 0.1) is 0 Å². The molecule has 0 fully saturated rings. The van der Waals surface area contributed by atoms with Crippen LogP contribution in [0.4, 0.5) is 0 Å². The molecule has 4 aromatic carbocycles. The Labute approximate surface area is 198 Å². The second-order valence-corrected chi connectivity index (χ2v) is 11.9. The predicted molar refractivity (Wildman–Crippen MR) is 128 cm³/mol. The van der Waals surface area contributed by atoms with Crippen molar-refractivity contribution in [2.45, 2.75) is 24.6 Å². The van der Waals surface area contributed by atoms with Crippen molar-refractivity contribution >= 4 is 7.26 Å². The summed E-state index contributed by atoms with van der Waals surface area (Å²) in [7, 11) is -1.38. The standard InChI is InChI=1S/C28H28P.HI/c1-5-13-25(14-6-1)21-29(22-26-15-7-2-8-16-26,23-27-17-9-3-10-18-27)24-28-19-11-4-12-20-28;/h1-20H,21-24H2;1H/q+1;/p-1. The van der Waals surface area contributed by atoms with Gasteiger partial charge in [0.15, 0.2) is 0 Å². The molecule has 0 N–H and O–H groups in total. The van der Waals surface area contributed by atoms with Gasteiger partial charge >= 0.3 is 0 Å². The third-order valence-corrected chi connectivity index (χ3v) is 9.59. The third kappa shape index (κ3) is 6.52. The van der Waals surface area contributed by atoms with Crippen LogP contribution < -0.4 is 24.0 Å². The van der Waals surface area contributed by atoms with Crippen molar-refractivity contribution < 1.29 is 24.0 Å². The molecule has 0 bridgehead atoms. The summed E-state index contributed by atoms with van der Waals surface area (Å²) in [5, 5.41) is 0. The Balaban J connectivity index is 0.00000256. The number of rotatable bonds is 8. The Bertz CT molecular complexity index is 814. The van der Waals surface area contributed by atoms with Gasteiger partial charge in [0, 0.05) is 7.26 Å². The van der Waals surface area contributed by atoms with Crippen LogP contribution in [0.25, 0.3) is 0 Å². The zero-order valence-corrected chi connectivity index (χ0v) is 20.3. The molecule has 0 aliphatic rings. The van der Waals surface area contributed by atoms with Crippen molar-refractivity contribution in [1.29, 1.82) is 0 Å². The van der Waals surface area contributed by atoms with E-state index >= 15 is 0 Å². The van der Waals surface area contributed by atoms with E-state index < -0.39 is 7.26 Å². The summed E-state index contributed by atoms with van der Waals surface area (Å²) in [6.07, 6.45) is 4.69. The first-order valence-corrected chi connectivity index (χ1v) is 12.9. The van der Waals surface area contributed by atoms with E-state index in [1.165, 1.54) is 46.9 Å². The van der Waals surface area contributed by atoms with E-state index in [1.54, 1.807) is 0 Å². The van der Waals surface area contributed by atoms with Gasteiger partial charge in [-0.25, -0.2) is 0 Å². The monoisotopic (exact) mass is 522 g/mol. The van der Waals surface area contributed by atoms with Gasteiger partial charge in [0.2, 0.25) is 0 Å². The molecule has 30 heavy (non-hydrogen) atoms. The van der Waals surface area contributed by atoms with Crippen LogP contribution in [-0.4, -0.2) is 0 Å². The summed E-state index contributed by atoms with van der Waals surface area (Å²) >= 11 is 0. The number of hydrogen-bond donors (Lipinski definition) is 0. The Morgan fingerprint density at radius 3 is 0.733 bits per heavy atom. The molecule has 0 unspecified atom stereocenters. The highest BCUT2D eigenvalue weighted by molar-refractivity contribution is 7.72. The summed E-state index contributed by atoms with van der Waals surface area (Å²) in [5.74, 6) is 0. The normalized spacial score (nSPS) is 10.9. The maximum Gasteiger partial charge on any atom is 0.0852 e. The smallest absolute Gasteiger partial charge is 0.0852 e. The van der Waals surface area contributed by atoms with Crippen LogP contribution in [0.5, 0.6) is 0 Å². The van der Waals surface area contributed by atoms with Gasteiger partial charge in [-0.05, 0) is 22.3 Å². The molecule has 0 radical (unpaired) electrons. The van der Waals surface area contributed by atoms with Crippen LogP contribution in [-0.2, 0) is 24.6 Å². The lowest BCUT2D eigenvalue weighted by Gasteiger charge is -2.29. The van der Waals surface area contributed by atoms with Crippen molar-refractivity contribution in [1.82, 2.24) is 0 Å². The minimum atomic E-state index is -1.38. The maximum atomic E-state index is 2.30. The molecule has 0 nitrogen and oxygen atoms in total. The first-order chi connectivity index (χ1) is 14.3. The lowest BCUT2D eigenvalue weighted by molar-refractivity contribution is -0.00000602. The molecule has 0 heterocycles. The van der Waals surface area contributed by atoms with E-state index in [0.717, 1.165) is 0 Å². The maximum absolute atomic E-state index is 2.30. The van der Waals surface area contributed by atoms with Gasteiger partial charge in [-0.3, -0.25) is 0 Å². The summed E-state index contributed by atoms with van der Waals surface area (Å²) < 4.78 is 0. The Hall–Kier alpha value is -1.96. The summed E-state index contributed by atoms with van der Waals surface area (Å²) in [4.78, 5) is 0. The van der Waals surface area contributed by atoms with Crippen molar-refractivity contribution in [2.24, 2.45) is 0 Å². The first kappa shape index (κ1) is 22.7. The average Bonchev–Trinajstić information content (AvgIpc) is 2.76. The fourth-order valence-electron chi connectivity index (χ4n) is 4.22. The van der Waals surface area contributed by atoms with E-state index in [9.17, 15) is 0 Å². The Morgan fingerprint density at radius 1 is 0.333 bits per heavy atom. The first-order valence-electron chi connectivity index (χ1n) is 10.3. The zero-order valence-electron chi connectivity index (χ0n) is 17.2. The van der Waals surface area contributed by atoms with E-state index in [2.05, 4.69) is 121 Å². The topological polar surface area (TPSA) is 0 Å². The molecule has 4 aromatic rings. The summed E-state index contributed by atoms with van der Waals surface area (Å²) in [5.41, 5.74) is 5.85. The number of benzene rings is 4. The molecule has 0 amide bonds. The molecule has 0 aliphatic carbocycles. The largest absolute Gasteiger partial charge is 1.00 e. The van der Waals surface area contributed by atoms with Gasteiger partial charge in [0.05, 0.1) is 24.6 Å². The average molecular weight is 522 g/mol. The van der Waals surface area contributed by atoms with Crippen LogP contribution in [0.1, 0.15) is 22.3 Å². The van der Waals surface area contributed by atoms with Crippen LogP contribution in [0.2, 0.25) is 0 Å². The molecule has 0 atom stereocenters. The molecular formula is C28H28IP. The molecule has 152 valence electrons. The lowest BCUT2D eigenvalue weighted by Crippen LogP contribution is -3.00. The van der Waals surface area contributed by atoms with Gasteiger partial charge < -0.3 is 24.0 Å². The van der Waals surface area contributed by atoms with E-state index in [-0.39, 0.29) is 24.0 Å². The van der Waals surface area contributed by atoms with Crippen molar-refractivity contribution in [3.05, 3.63) is 144 Å². The van der Waals surface area contributed by atoms with Gasteiger partial charge in [-0.1, -0.05) is 121 Å². The van der Waals surface area contributed by atoms with Crippen molar-refractivity contribution in [2.75, 3.05) is 0 Å². The minimum Gasteiger partial charge on any atom is -1.00 e. The second kappa shape index (κ2) is 11.4. The molecule has 2 heteroatoms.